The molecule has 2 N–H and O–H groups in total. The lowest BCUT2D eigenvalue weighted by atomic mass is 10.0. The van der Waals surface area contributed by atoms with Crippen LogP contribution in [0.5, 0.6) is 0 Å². The van der Waals surface area contributed by atoms with E-state index in [-0.39, 0.29) is 11.9 Å². The SMILES string of the molecule is CN(C)[C@@H](Cc1ccccc1)C(=O)NCc1[nH]nc2ncccc12. The number of aromatic amines is 1. The lowest BCUT2D eigenvalue weighted by Crippen LogP contribution is -2.44. The van der Waals surface area contributed by atoms with E-state index in [1.807, 2.05) is 61.5 Å². The van der Waals surface area contributed by atoms with Crippen LogP contribution >= 0.6 is 0 Å². The first-order chi connectivity index (χ1) is 11.6. The Labute approximate surface area is 140 Å². The first-order valence-electron chi connectivity index (χ1n) is 7.91. The van der Waals surface area contributed by atoms with E-state index in [0.717, 1.165) is 16.6 Å². The van der Waals surface area contributed by atoms with Gasteiger partial charge in [0.25, 0.3) is 0 Å². The van der Waals surface area contributed by atoms with Gasteiger partial charge in [-0.05, 0) is 38.2 Å². The zero-order chi connectivity index (χ0) is 16.9. The van der Waals surface area contributed by atoms with Crippen LogP contribution in [-0.2, 0) is 17.8 Å². The number of carbonyl (C=O) groups is 1. The summed E-state index contributed by atoms with van der Waals surface area (Å²) in [5, 5.41) is 11.0. The van der Waals surface area contributed by atoms with Gasteiger partial charge in [0, 0.05) is 11.6 Å². The number of pyridine rings is 1. The van der Waals surface area contributed by atoms with Crippen LogP contribution in [0.2, 0.25) is 0 Å². The van der Waals surface area contributed by atoms with E-state index in [0.29, 0.717) is 18.6 Å². The van der Waals surface area contributed by atoms with Gasteiger partial charge in [0.15, 0.2) is 5.65 Å². The van der Waals surface area contributed by atoms with Crippen molar-refractivity contribution < 1.29 is 4.79 Å². The number of likely N-dealkylation sites (N-methyl/N-ethyl adjacent to an activating group) is 1. The zero-order valence-electron chi connectivity index (χ0n) is 13.9. The summed E-state index contributed by atoms with van der Waals surface area (Å²) in [5.41, 5.74) is 2.67. The van der Waals surface area contributed by atoms with Gasteiger partial charge in [0.1, 0.15) is 0 Å². The van der Waals surface area contributed by atoms with Crippen LogP contribution in [0, 0.1) is 0 Å². The second-order valence-corrected chi connectivity index (χ2v) is 5.96. The Morgan fingerprint density at radius 1 is 1.21 bits per heavy atom. The van der Waals surface area contributed by atoms with Crippen molar-refractivity contribution in [3.8, 4) is 0 Å². The van der Waals surface area contributed by atoms with Crippen molar-refractivity contribution in [2.45, 2.75) is 19.0 Å². The van der Waals surface area contributed by atoms with Crippen molar-refractivity contribution >= 4 is 16.9 Å². The summed E-state index contributed by atoms with van der Waals surface area (Å²) in [7, 11) is 3.84. The summed E-state index contributed by atoms with van der Waals surface area (Å²) in [6, 6.07) is 13.6. The molecule has 2 heterocycles. The molecule has 0 spiro atoms. The largest absolute Gasteiger partial charge is 0.349 e. The van der Waals surface area contributed by atoms with Crippen LogP contribution < -0.4 is 5.32 Å². The van der Waals surface area contributed by atoms with Crippen LogP contribution in [0.1, 0.15) is 11.3 Å². The first-order valence-corrected chi connectivity index (χ1v) is 7.91. The molecule has 1 atom stereocenters. The van der Waals surface area contributed by atoms with Crippen molar-refractivity contribution in [3.05, 3.63) is 59.9 Å². The van der Waals surface area contributed by atoms with Crippen molar-refractivity contribution in [1.29, 1.82) is 0 Å². The van der Waals surface area contributed by atoms with E-state index in [2.05, 4.69) is 20.5 Å². The summed E-state index contributed by atoms with van der Waals surface area (Å²) in [6.07, 6.45) is 2.37. The highest BCUT2D eigenvalue weighted by Crippen LogP contribution is 2.13. The highest BCUT2D eigenvalue weighted by atomic mass is 16.2. The predicted molar refractivity (Wildman–Crippen MR) is 93.4 cm³/mol. The van der Waals surface area contributed by atoms with Crippen LogP contribution in [0.3, 0.4) is 0 Å². The smallest absolute Gasteiger partial charge is 0.238 e. The molecule has 1 aromatic carbocycles. The molecule has 124 valence electrons. The molecular weight excluding hydrogens is 302 g/mol. The van der Waals surface area contributed by atoms with Gasteiger partial charge >= 0.3 is 0 Å². The summed E-state index contributed by atoms with van der Waals surface area (Å²) >= 11 is 0. The van der Waals surface area contributed by atoms with E-state index in [1.54, 1.807) is 6.20 Å². The molecule has 3 aromatic rings. The standard InChI is InChI=1S/C18H21N5O/c1-23(2)16(11-13-7-4-3-5-8-13)18(24)20-12-15-14-9-6-10-19-17(14)22-21-15/h3-10,16H,11-12H2,1-2H3,(H,20,24)(H,19,21,22)/t16-/m0/s1. The van der Waals surface area contributed by atoms with E-state index >= 15 is 0 Å². The topological polar surface area (TPSA) is 73.9 Å². The Morgan fingerprint density at radius 2 is 2.00 bits per heavy atom. The monoisotopic (exact) mass is 323 g/mol. The molecule has 0 bridgehead atoms. The maximum Gasteiger partial charge on any atom is 0.238 e. The summed E-state index contributed by atoms with van der Waals surface area (Å²) in [6.45, 7) is 0.403. The molecular formula is C18H21N5O. The number of hydrogen-bond acceptors (Lipinski definition) is 4. The van der Waals surface area contributed by atoms with Crippen molar-refractivity contribution in [2.24, 2.45) is 0 Å². The fraction of sp³-hybridized carbons (Fsp3) is 0.278. The number of H-pyrrole nitrogens is 1. The second kappa shape index (κ2) is 7.23. The Kier molecular flexibility index (Phi) is 4.86. The number of fused-ring (bicyclic) bond motifs is 1. The number of nitrogens with one attached hydrogen (secondary N) is 2. The Balaban J connectivity index is 1.67. The minimum absolute atomic E-state index is 0.00417. The van der Waals surface area contributed by atoms with Gasteiger partial charge in [-0.3, -0.25) is 14.8 Å². The first kappa shape index (κ1) is 16.1. The predicted octanol–water partition coefficient (Wildman–Crippen LogP) is 1.75. The quantitative estimate of drug-likeness (QED) is 0.725. The van der Waals surface area contributed by atoms with Crippen molar-refractivity contribution in [3.63, 3.8) is 0 Å². The van der Waals surface area contributed by atoms with Gasteiger partial charge in [-0.25, -0.2) is 4.98 Å². The van der Waals surface area contributed by atoms with E-state index in [1.165, 1.54) is 0 Å². The second-order valence-electron chi connectivity index (χ2n) is 5.96. The van der Waals surface area contributed by atoms with Gasteiger partial charge < -0.3 is 5.32 Å². The molecule has 6 nitrogen and oxygen atoms in total. The van der Waals surface area contributed by atoms with Gasteiger partial charge in [0.2, 0.25) is 5.91 Å². The molecule has 0 radical (unpaired) electrons. The Hall–Kier alpha value is -2.73. The minimum Gasteiger partial charge on any atom is -0.349 e. The molecule has 0 aliphatic heterocycles. The molecule has 1 amide bonds. The molecule has 0 fully saturated rings. The lowest BCUT2D eigenvalue weighted by Gasteiger charge is -2.23. The number of aromatic nitrogens is 3. The molecule has 0 aliphatic rings. The molecule has 24 heavy (non-hydrogen) atoms. The third kappa shape index (κ3) is 3.60. The highest BCUT2D eigenvalue weighted by Gasteiger charge is 2.21. The number of hydrogen-bond donors (Lipinski definition) is 2. The fourth-order valence-electron chi connectivity index (χ4n) is 2.68. The molecule has 0 saturated carbocycles. The maximum atomic E-state index is 12.6. The maximum absolute atomic E-state index is 12.6. The van der Waals surface area contributed by atoms with Gasteiger partial charge in [-0.15, -0.1) is 0 Å². The van der Waals surface area contributed by atoms with Crippen LogP contribution in [-0.4, -0.2) is 46.1 Å². The van der Waals surface area contributed by atoms with E-state index in [4.69, 9.17) is 0 Å². The molecule has 0 saturated heterocycles. The Morgan fingerprint density at radius 3 is 2.75 bits per heavy atom. The minimum atomic E-state index is -0.222. The molecule has 0 unspecified atom stereocenters. The normalized spacial score (nSPS) is 12.5. The highest BCUT2D eigenvalue weighted by molar-refractivity contribution is 5.83. The molecule has 6 heteroatoms. The van der Waals surface area contributed by atoms with Crippen LogP contribution in [0.25, 0.3) is 11.0 Å². The molecule has 3 rings (SSSR count). The van der Waals surface area contributed by atoms with Crippen LogP contribution in [0.4, 0.5) is 0 Å². The fourth-order valence-corrected chi connectivity index (χ4v) is 2.68. The van der Waals surface area contributed by atoms with Crippen LogP contribution in [0.15, 0.2) is 48.7 Å². The summed E-state index contributed by atoms with van der Waals surface area (Å²) in [4.78, 5) is 18.7. The van der Waals surface area contributed by atoms with Crippen molar-refractivity contribution in [2.75, 3.05) is 14.1 Å². The summed E-state index contributed by atoms with van der Waals surface area (Å²) in [5.74, 6) is -0.00417. The summed E-state index contributed by atoms with van der Waals surface area (Å²) < 4.78 is 0. The number of carbonyl (C=O) groups excluding carboxylic acids is 1. The zero-order valence-corrected chi connectivity index (χ0v) is 13.9. The van der Waals surface area contributed by atoms with Gasteiger partial charge in [-0.1, -0.05) is 30.3 Å². The Bertz CT molecular complexity index is 812. The number of nitrogens with zero attached hydrogens (tertiary/aromatic N) is 3. The molecule has 2 aromatic heterocycles. The number of rotatable bonds is 6. The third-order valence-corrected chi connectivity index (χ3v) is 4.05. The average Bonchev–Trinajstić information content (AvgIpc) is 3.01. The number of amides is 1. The van der Waals surface area contributed by atoms with Crippen molar-refractivity contribution in [1.82, 2.24) is 25.4 Å². The van der Waals surface area contributed by atoms with E-state index in [9.17, 15) is 4.79 Å². The van der Waals surface area contributed by atoms with Gasteiger partial charge in [0.05, 0.1) is 18.3 Å². The lowest BCUT2D eigenvalue weighted by molar-refractivity contribution is -0.125. The van der Waals surface area contributed by atoms with Gasteiger partial charge in [-0.2, -0.15) is 5.10 Å². The molecule has 0 aliphatic carbocycles. The third-order valence-electron chi connectivity index (χ3n) is 4.05. The number of benzene rings is 1. The van der Waals surface area contributed by atoms with E-state index < -0.39 is 0 Å². The average molecular weight is 323 g/mol.